The molecule has 1 aromatic carbocycles. The van der Waals surface area contributed by atoms with E-state index in [0.29, 0.717) is 19.1 Å². The molecule has 0 aliphatic rings. The van der Waals surface area contributed by atoms with E-state index in [0.717, 1.165) is 33.6 Å². The van der Waals surface area contributed by atoms with Crippen molar-refractivity contribution in [2.75, 3.05) is 6.54 Å². The summed E-state index contributed by atoms with van der Waals surface area (Å²) in [4.78, 5) is 4.58. The zero-order chi connectivity index (χ0) is 15.2. The fourth-order valence-corrected chi connectivity index (χ4v) is 2.95. The maximum Gasteiger partial charge on any atom is 0.131 e. The van der Waals surface area contributed by atoms with Crippen molar-refractivity contribution in [3.63, 3.8) is 0 Å². The fraction of sp³-hybridized carbons (Fsp3) is 0.438. The zero-order valence-electron chi connectivity index (χ0n) is 12.6. The predicted molar refractivity (Wildman–Crippen MR) is 89.4 cm³/mol. The topological polar surface area (TPSA) is 34.1 Å². The molecule has 2 rings (SSSR count). The molecule has 0 saturated carbocycles. The van der Waals surface area contributed by atoms with Gasteiger partial charge in [-0.2, -0.15) is 0 Å². The van der Waals surface area contributed by atoms with Gasteiger partial charge >= 0.3 is 0 Å². The number of benzene rings is 1. The van der Waals surface area contributed by atoms with Crippen molar-refractivity contribution in [2.45, 2.75) is 39.8 Å². The summed E-state index contributed by atoms with van der Waals surface area (Å²) in [5.74, 6) is 1.28. The first-order valence-corrected chi connectivity index (χ1v) is 8.42. The summed E-state index contributed by atoms with van der Waals surface area (Å²) in [6.45, 7) is 8.45. The van der Waals surface area contributed by atoms with Crippen molar-refractivity contribution >= 4 is 22.9 Å². The van der Waals surface area contributed by atoms with E-state index in [4.69, 9.17) is 16.3 Å². The molecule has 114 valence electrons. The standard InChI is InChI=1S/C16H21ClN2OS/c1-4-18-8-13-14(17)6-5-7-15(13)20-9-12-10-21-16(19-12)11(2)3/h5-7,10-11,18H,4,8-9H2,1-3H3. The lowest BCUT2D eigenvalue weighted by molar-refractivity contribution is 0.298. The highest BCUT2D eigenvalue weighted by atomic mass is 35.5. The van der Waals surface area contributed by atoms with Gasteiger partial charge in [-0.1, -0.05) is 38.4 Å². The summed E-state index contributed by atoms with van der Waals surface area (Å²) in [6, 6.07) is 5.75. The Bertz CT molecular complexity index is 583. The highest BCUT2D eigenvalue weighted by Crippen LogP contribution is 2.27. The minimum absolute atomic E-state index is 0.458. The molecule has 1 aromatic heterocycles. The minimum Gasteiger partial charge on any atom is -0.487 e. The third kappa shape index (κ3) is 4.43. The number of thiazole rings is 1. The van der Waals surface area contributed by atoms with Crippen LogP contribution in [0.3, 0.4) is 0 Å². The molecule has 0 unspecified atom stereocenters. The summed E-state index contributed by atoms with van der Waals surface area (Å²) < 4.78 is 5.91. The number of halogens is 1. The number of nitrogens with one attached hydrogen (secondary N) is 1. The lowest BCUT2D eigenvalue weighted by Gasteiger charge is -2.12. The van der Waals surface area contributed by atoms with Crippen LogP contribution in [0.1, 0.15) is 43.0 Å². The number of hydrogen-bond donors (Lipinski definition) is 1. The first-order valence-electron chi connectivity index (χ1n) is 7.17. The Morgan fingerprint density at radius 1 is 1.38 bits per heavy atom. The van der Waals surface area contributed by atoms with Gasteiger partial charge in [0.2, 0.25) is 0 Å². The van der Waals surface area contributed by atoms with Crippen LogP contribution in [0.2, 0.25) is 5.02 Å². The third-order valence-corrected chi connectivity index (χ3v) is 4.61. The molecule has 0 radical (unpaired) electrons. The van der Waals surface area contributed by atoms with Crippen molar-refractivity contribution in [1.82, 2.24) is 10.3 Å². The van der Waals surface area contributed by atoms with Gasteiger partial charge in [-0.3, -0.25) is 0 Å². The molecule has 5 heteroatoms. The average molecular weight is 325 g/mol. The van der Waals surface area contributed by atoms with Gasteiger partial charge in [-0.15, -0.1) is 11.3 Å². The van der Waals surface area contributed by atoms with Gasteiger partial charge in [0.25, 0.3) is 0 Å². The number of ether oxygens (including phenoxy) is 1. The first-order chi connectivity index (χ1) is 10.1. The van der Waals surface area contributed by atoms with Crippen LogP contribution in [-0.4, -0.2) is 11.5 Å². The molecule has 21 heavy (non-hydrogen) atoms. The smallest absolute Gasteiger partial charge is 0.131 e. The number of aromatic nitrogens is 1. The van der Waals surface area contributed by atoms with Crippen LogP contribution in [0.15, 0.2) is 23.6 Å². The highest BCUT2D eigenvalue weighted by Gasteiger charge is 2.10. The molecule has 0 amide bonds. The van der Waals surface area contributed by atoms with Crippen molar-refractivity contribution in [3.8, 4) is 5.75 Å². The molecule has 2 aromatic rings. The minimum atomic E-state index is 0.458. The quantitative estimate of drug-likeness (QED) is 0.807. The van der Waals surface area contributed by atoms with Crippen LogP contribution >= 0.6 is 22.9 Å². The molecule has 0 bridgehead atoms. The Morgan fingerprint density at radius 3 is 2.86 bits per heavy atom. The number of rotatable bonds is 7. The SMILES string of the molecule is CCNCc1c(Cl)cccc1OCc1csc(C(C)C)n1. The van der Waals surface area contributed by atoms with E-state index < -0.39 is 0 Å². The lowest BCUT2D eigenvalue weighted by atomic mass is 10.2. The van der Waals surface area contributed by atoms with Crippen molar-refractivity contribution in [2.24, 2.45) is 0 Å². The van der Waals surface area contributed by atoms with E-state index in [1.54, 1.807) is 11.3 Å². The van der Waals surface area contributed by atoms with Crippen LogP contribution in [0.4, 0.5) is 0 Å². The normalized spacial score (nSPS) is 11.1. The molecule has 0 atom stereocenters. The predicted octanol–water partition coefficient (Wildman–Crippen LogP) is 4.61. The molecule has 0 saturated heterocycles. The van der Waals surface area contributed by atoms with Gasteiger partial charge in [-0.05, 0) is 18.7 Å². The first kappa shape index (κ1) is 16.3. The largest absolute Gasteiger partial charge is 0.487 e. The summed E-state index contributed by atoms with van der Waals surface area (Å²) in [5, 5.41) is 7.22. The van der Waals surface area contributed by atoms with Crippen molar-refractivity contribution in [1.29, 1.82) is 0 Å². The Hall–Kier alpha value is -1.10. The van der Waals surface area contributed by atoms with E-state index in [9.17, 15) is 0 Å². The van der Waals surface area contributed by atoms with E-state index in [1.165, 1.54) is 0 Å². The van der Waals surface area contributed by atoms with Gasteiger partial charge in [-0.25, -0.2) is 4.98 Å². The van der Waals surface area contributed by atoms with E-state index >= 15 is 0 Å². The van der Waals surface area contributed by atoms with Crippen LogP contribution in [-0.2, 0) is 13.2 Å². The molecule has 0 spiro atoms. The fourth-order valence-electron chi connectivity index (χ4n) is 1.90. The van der Waals surface area contributed by atoms with Crippen LogP contribution in [0.25, 0.3) is 0 Å². The van der Waals surface area contributed by atoms with Crippen LogP contribution in [0, 0.1) is 0 Å². The third-order valence-electron chi connectivity index (χ3n) is 3.07. The van der Waals surface area contributed by atoms with E-state index in [2.05, 4.69) is 36.5 Å². The summed E-state index contributed by atoms with van der Waals surface area (Å²) >= 11 is 7.94. The second kappa shape index (κ2) is 7.78. The second-order valence-corrected chi connectivity index (χ2v) is 6.41. The van der Waals surface area contributed by atoms with Gasteiger partial charge < -0.3 is 10.1 Å². The van der Waals surface area contributed by atoms with E-state index in [-0.39, 0.29) is 0 Å². The maximum atomic E-state index is 6.26. The highest BCUT2D eigenvalue weighted by molar-refractivity contribution is 7.09. The van der Waals surface area contributed by atoms with E-state index in [1.807, 2.05) is 18.2 Å². The molecule has 1 N–H and O–H groups in total. The summed E-state index contributed by atoms with van der Waals surface area (Å²) in [6.07, 6.45) is 0. The van der Waals surface area contributed by atoms with Crippen LogP contribution in [0.5, 0.6) is 5.75 Å². The number of nitrogens with zero attached hydrogens (tertiary/aromatic N) is 1. The average Bonchev–Trinajstić information content (AvgIpc) is 2.93. The van der Waals surface area contributed by atoms with Gasteiger partial charge in [0, 0.05) is 28.4 Å². The van der Waals surface area contributed by atoms with Crippen LogP contribution < -0.4 is 10.1 Å². The van der Waals surface area contributed by atoms with Crippen molar-refractivity contribution in [3.05, 3.63) is 44.9 Å². The zero-order valence-corrected chi connectivity index (χ0v) is 14.2. The lowest BCUT2D eigenvalue weighted by Crippen LogP contribution is -2.13. The molecule has 0 aliphatic carbocycles. The second-order valence-electron chi connectivity index (χ2n) is 5.12. The number of hydrogen-bond acceptors (Lipinski definition) is 4. The molecular weight excluding hydrogens is 304 g/mol. The molecule has 0 fully saturated rings. The van der Waals surface area contributed by atoms with Crippen molar-refractivity contribution < 1.29 is 4.74 Å². The molecule has 3 nitrogen and oxygen atoms in total. The Morgan fingerprint density at radius 2 is 2.19 bits per heavy atom. The molecule has 1 heterocycles. The van der Waals surface area contributed by atoms with Gasteiger partial charge in [0.15, 0.2) is 0 Å². The maximum absolute atomic E-state index is 6.26. The Labute approximate surface area is 135 Å². The molecular formula is C16H21ClN2OS. The monoisotopic (exact) mass is 324 g/mol. The van der Waals surface area contributed by atoms with Gasteiger partial charge in [0.1, 0.15) is 12.4 Å². The Kier molecular flexibility index (Phi) is 6.03. The summed E-state index contributed by atoms with van der Waals surface area (Å²) in [5.41, 5.74) is 1.97. The summed E-state index contributed by atoms with van der Waals surface area (Å²) in [7, 11) is 0. The molecule has 0 aliphatic heterocycles. The van der Waals surface area contributed by atoms with Gasteiger partial charge in [0.05, 0.1) is 10.7 Å². The Balaban J connectivity index is 2.06.